The van der Waals surface area contributed by atoms with Gasteiger partial charge in [0.25, 0.3) is 0 Å². The maximum Gasteiger partial charge on any atom is 0.412 e. The summed E-state index contributed by atoms with van der Waals surface area (Å²) in [5, 5.41) is 16.5. The van der Waals surface area contributed by atoms with Gasteiger partial charge in [0.2, 0.25) is 0 Å². The molecule has 4 nitrogen and oxygen atoms in total. The van der Waals surface area contributed by atoms with Gasteiger partial charge in [-0.25, -0.2) is 4.79 Å². The van der Waals surface area contributed by atoms with Crippen molar-refractivity contribution in [3.63, 3.8) is 0 Å². The highest BCUT2D eigenvalue weighted by atomic mass is 32.1. The summed E-state index contributed by atoms with van der Waals surface area (Å²) in [5.74, 6) is 0.450. The molecule has 3 heterocycles. The number of hydrogen-bond donors (Lipinski definition) is 2. The summed E-state index contributed by atoms with van der Waals surface area (Å²) < 4.78 is 0. The lowest BCUT2D eigenvalue weighted by Crippen LogP contribution is -2.43. The predicted molar refractivity (Wildman–Crippen MR) is 120 cm³/mol. The summed E-state index contributed by atoms with van der Waals surface area (Å²) in [4.78, 5) is 13.7. The van der Waals surface area contributed by atoms with Gasteiger partial charge >= 0.3 is 6.09 Å². The molecule has 1 aromatic heterocycles. The van der Waals surface area contributed by atoms with Gasteiger partial charge < -0.3 is 10.4 Å². The molecule has 2 saturated heterocycles. The Labute approximate surface area is 177 Å². The molecule has 2 atom stereocenters. The summed E-state index contributed by atoms with van der Waals surface area (Å²) >= 11 is 1.55. The largest absolute Gasteiger partial charge is 0.465 e. The average molecular weight is 413 g/mol. The molecule has 0 radical (unpaired) electrons. The molecular formula is C24H32N2O2S. The van der Waals surface area contributed by atoms with Crippen LogP contribution in [0.4, 0.5) is 9.80 Å². The van der Waals surface area contributed by atoms with Gasteiger partial charge in [0, 0.05) is 25.0 Å². The van der Waals surface area contributed by atoms with Crippen LogP contribution in [0.25, 0.3) is 0 Å². The van der Waals surface area contributed by atoms with E-state index in [1.54, 1.807) is 16.2 Å². The first kappa shape index (κ1) is 20.4. The van der Waals surface area contributed by atoms with Crippen molar-refractivity contribution in [2.45, 2.75) is 70.4 Å². The van der Waals surface area contributed by atoms with Crippen LogP contribution in [0.3, 0.4) is 0 Å². The van der Waals surface area contributed by atoms with E-state index < -0.39 is 6.09 Å². The molecule has 156 valence electrons. The zero-order valence-electron chi connectivity index (χ0n) is 17.6. The van der Waals surface area contributed by atoms with Gasteiger partial charge in [-0.15, -0.1) is 11.3 Å². The van der Waals surface area contributed by atoms with E-state index in [1.165, 1.54) is 24.0 Å². The van der Waals surface area contributed by atoms with Crippen molar-refractivity contribution in [1.29, 1.82) is 0 Å². The van der Waals surface area contributed by atoms with Crippen LogP contribution >= 0.6 is 11.3 Å². The Morgan fingerprint density at radius 2 is 1.79 bits per heavy atom. The van der Waals surface area contributed by atoms with Crippen molar-refractivity contribution in [2.75, 3.05) is 11.4 Å². The van der Waals surface area contributed by atoms with E-state index in [9.17, 15) is 9.90 Å². The smallest absolute Gasteiger partial charge is 0.412 e. The fraction of sp³-hybridized carbons (Fsp3) is 0.542. The van der Waals surface area contributed by atoms with E-state index in [1.807, 2.05) is 5.38 Å². The highest BCUT2D eigenvalue weighted by Crippen LogP contribution is 2.35. The SMILES string of the molecule is CC(C)(C)c1ccc(Cc2ccsc2N(CC2CC3CCC(C2)N3)C(=O)O)cc1. The molecule has 5 heteroatoms. The molecule has 1 amide bonds. The Balaban J connectivity index is 1.49. The molecule has 2 bridgehead atoms. The van der Waals surface area contributed by atoms with Crippen molar-refractivity contribution < 1.29 is 9.90 Å². The lowest BCUT2D eigenvalue weighted by atomic mass is 9.86. The second-order valence-corrected chi connectivity index (χ2v) is 10.6. The van der Waals surface area contributed by atoms with Crippen LogP contribution in [0.2, 0.25) is 0 Å². The van der Waals surface area contributed by atoms with Crippen LogP contribution in [0.5, 0.6) is 0 Å². The molecule has 2 aromatic rings. The first-order chi connectivity index (χ1) is 13.8. The van der Waals surface area contributed by atoms with E-state index in [2.05, 4.69) is 56.4 Å². The van der Waals surface area contributed by atoms with Crippen molar-refractivity contribution >= 4 is 22.4 Å². The molecular weight excluding hydrogens is 380 g/mol. The molecule has 2 N–H and O–H groups in total. The van der Waals surface area contributed by atoms with Gasteiger partial charge in [0.05, 0.1) is 0 Å². The van der Waals surface area contributed by atoms with Crippen molar-refractivity contribution in [1.82, 2.24) is 5.32 Å². The second kappa shape index (κ2) is 8.11. The summed E-state index contributed by atoms with van der Waals surface area (Å²) in [7, 11) is 0. The molecule has 2 unspecified atom stereocenters. The van der Waals surface area contributed by atoms with Gasteiger partial charge in [0.1, 0.15) is 5.00 Å². The summed E-state index contributed by atoms with van der Waals surface area (Å²) in [6, 6.07) is 12.0. The van der Waals surface area contributed by atoms with Gasteiger partial charge in [-0.3, -0.25) is 4.90 Å². The lowest BCUT2D eigenvalue weighted by molar-refractivity contribution is 0.198. The highest BCUT2D eigenvalue weighted by molar-refractivity contribution is 7.14. The third kappa shape index (κ3) is 4.67. The topological polar surface area (TPSA) is 52.6 Å². The minimum absolute atomic E-state index is 0.139. The zero-order valence-corrected chi connectivity index (χ0v) is 18.5. The number of amides is 1. The standard InChI is InChI=1S/C24H32N2O2S/c1-24(2,3)19-6-4-16(5-7-19)12-18-10-11-29-22(18)26(23(27)28)15-17-13-20-8-9-21(14-17)25-20/h4-7,10-11,17,20-21,25H,8-9,12-15H2,1-3H3,(H,27,28). The summed E-state index contributed by atoms with van der Waals surface area (Å²) in [6.45, 7) is 7.27. The van der Waals surface area contributed by atoms with E-state index in [0.717, 1.165) is 29.8 Å². The Hall–Kier alpha value is -1.85. The Bertz CT molecular complexity index is 841. The van der Waals surface area contributed by atoms with Gasteiger partial charge in [-0.2, -0.15) is 0 Å². The Morgan fingerprint density at radius 3 is 2.38 bits per heavy atom. The molecule has 2 aliphatic rings. The number of hydrogen-bond acceptors (Lipinski definition) is 3. The summed E-state index contributed by atoms with van der Waals surface area (Å²) in [6.07, 6.45) is 4.60. The van der Waals surface area contributed by atoms with Crippen molar-refractivity contribution in [2.24, 2.45) is 5.92 Å². The summed E-state index contributed by atoms with van der Waals surface area (Å²) in [5.41, 5.74) is 3.79. The van der Waals surface area contributed by atoms with Crippen LogP contribution in [0, 0.1) is 5.92 Å². The van der Waals surface area contributed by atoms with Crippen molar-refractivity contribution in [3.8, 4) is 0 Å². The van der Waals surface area contributed by atoms with Crippen LogP contribution in [-0.4, -0.2) is 29.8 Å². The molecule has 0 aliphatic carbocycles. The van der Waals surface area contributed by atoms with Crippen LogP contribution in [0.1, 0.15) is 63.1 Å². The van der Waals surface area contributed by atoms with Gasteiger partial charge in [-0.1, -0.05) is 45.0 Å². The maximum absolute atomic E-state index is 12.1. The number of nitrogens with zero attached hydrogens (tertiary/aromatic N) is 1. The third-order valence-corrected chi connectivity index (χ3v) is 7.40. The lowest BCUT2D eigenvalue weighted by Gasteiger charge is -2.32. The first-order valence-corrected chi connectivity index (χ1v) is 11.6. The van der Waals surface area contributed by atoms with Crippen LogP contribution < -0.4 is 10.2 Å². The van der Waals surface area contributed by atoms with Crippen molar-refractivity contribution in [3.05, 3.63) is 52.4 Å². The molecule has 2 aliphatic heterocycles. The predicted octanol–water partition coefficient (Wildman–Crippen LogP) is 5.65. The fourth-order valence-corrected chi connectivity index (χ4v) is 5.80. The number of thiophene rings is 1. The van der Waals surface area contributed by atoms with E-state index >= 15 is 0 Å². The van der Waals surface area contributed by atoms with Crippen LogP contribution in [-0.2, 0) is 11.8 Å². The number of anilines is 1. The first-order valence-electron chi connectivity index (χ1n) is 10.7. The molecule has 1 aromatic carbocycles. The maximum atomic E-state index is 12.1. The molecule has 0 saturated carbocycles. The number of fused-ring (bicyclic) bond motifs is 2. The monoisotopic (exact) mass is 412 g/mol. The quantitative estimate of drug-likeness (QED) is 0.667. The number of carbonyl (C=O) groups is 1. The van der Waals surface area contributed by atoms with E-state index in [0.29, 0.717) is 24.5 Å². The fourth-order valence-electron chi connectivity index (χ4n) is 4.87. The number of rotatable bonds is 5. The number of piperidine rings is 1. The Morgan fingerprint density at radius 1 is 1.14 bits per heavy atom. The normalized spacial score (nSPS) is 23.9. The molecule has 29 heavy (non-hydrogen) atoms. The van der Waals surface area contributed by atoms with Crippen LogP contribution in [0.15, 0.2) is 35.7 Å². The van der Waals surface area contributed by atoms with E-state index in [4.69, 9.17) is 0 Å². The highest BCUT2D eigenvalue weighted by Gasteiger charge is 2.35. The van der Waals surface area contributed by atoms with E-state index in [-0.39, 0.29) is 5.41 Å². The number of benzene rings is 1. The molecule has 0 spiro atoms. The zero-order chi connectivity index (χ0) is 20.6. The molecule has 2 fully saturated rings. The third-order valence-electron chi connectivity index (χ3n) is 6.43. The van der Waals surface area contributed by atoms with Gasteiger partial charge in [-0.05, 0) is 65.2 Å². The minimum atomic E-state index is -0.831. The molecule has 4 rings (SSSR count). The minimum Gasteiger partial charge on any atom is -0.465 e. The van der Waals surface area contributed by atoms with Gasteiger partial charge in [0.15, 0.2) is 0 Å². The number of nitrogens with one attached hydrogen (secondary N) is 1. The number of carboxylic acid groups (broad SMARTS) is 1. The Kier molecular flexibility index (Phi) is 5.71. The second-order valence-electron chi connectivity index (χ2n) is 9.74. The average Bonchev–Trinajstić information content (AvgIpc) is 3.25.